The molecule has 2 atom stereocenters. The predicted molar refractivity (Wildman–Crippen MR) is 57.8 cm³/mol. The summed E-state index contributed by atoms with van der Waals surface area (Å²) in [6.07, 6.45) is 2.20. The van der Waals surface area contributed by atoms with Gasteiger partial charge in [-0.2, -0.15) is 0 Å². The first kappa shape index (κ1) is 12.1. The van der Waals surface area contributed by atoms with E-state index >= 15 is 0 Å². The topological polar surface area (TPSA) is 52.0 Å². The zero-order chi connectivity index (χ0) is 8.20. The van der Waals surface area contributed by atoms with E-state index in [0.29, 0.717) is 11.2 Å². The molecule has 0 heterocycles. The fraction of sp³-hybridized carbons (Fsp3) is 1.00. The molecule has 0 amide bonds. The standard InChI is InChI=1S/C5H12N2.2HI.Pt/c1-5(7)3-2-4(5)6;;;/h4H,2-3,6-7H2,1H3;2*1H;/q;;;+2/p-2/t4-,5-;;;/m1.../s1. The average molecular weight is 549 g/mol. The second-order valence-corrected chi connectivity index (χ2v) is 19.3. The Hall–Kier alpha value is 2.07. The van der Waals surface area contributed by atoms with Gasteiger partial charge in [0.1, 0.15) is 0 Å². The molecule has 10 heavy (non-hydrogen) atoms. The first-order valence-electron chi connectivity index (χ1n) is 2.91. The number of rotatable bonds is 0. The van der Waals surface area contributed by atoms with Crippen LogP contribution in [0.1, 0.15) is 19.8 Å². The van der Waals surface area contributed by atoms with E-state index in [4.69, 9.17) is 11.5 Å². The van der Waals surface area contributed by atoms with Crippen molar-refractivity contribution in [2.24, 2.45) is 11.5 Å². The monoisotopic (exact) mass is 549 g/mol. The molecular formula is C5H12I2N2Pt. The van der Waals surface area contributed by atoms with Gasteiger partial charge in [0.2, 0.25) is 0 Å². The van der Waals surface area contributed by atoms with Crippen molar-refractivity contribution >= 4 is 38.7 Å². The number of halogens is 2. The molecule has 0 saturated heterocycles. The first-order valence-corrected chi connectivity index (χ1v) is 15.8. The van der Waals surface area contributed by atoms with E-state index in [1.807, 2.05) is 6.92 Å². The van der Waals surface area contributed by atoms with Crippen molar-refractivity contribution in [3.8, 4) is 0 Å². The summed E-state index contributed by atoms with van der Waals surface area (Å²) in [7, 11) is 0. The van der Waals surface area contributed by atoms with Crippen LogP contribution in [0.4, 0.5) is 0 Å². The molecule has 1 fully saturated rings. The molecule has 0 aromatic carbocycles. The Morgan fingerprint density at radius 3 is 1.90 bits per heavy atom. The van der Waals surface area contributed by atoms with Gasteiger partial charge in [0.25, 0.3) is 0 Å². The zero-order valence-corrected chi connectivity index (χ0v) is 12.3. The van der Waals surface area contributed by atoms with Crippen LogP contribution in [0.3, 0.4) is 0 Å². The van der Waals surface area contributed by atoms with Gasteiger partial charge in [-0.15, -0.1) is 0 Å². The second kappa shape index (κ2) is 5.67. The van der Waals surface area contributed by atoms with Gasteiger partial charge < -0.3 is 11.5 Å². The predicted octanol–water partition coefficient (Wildman–Crippen LogP) is 1.59. The van der Waals surface area contributed by atoms with E-state index in [9.17, 15) is 0 Å². The van der Waals surface area contributed by atoms with E-state index in [2.05, 4.69) is 38.7 Å². The maximum atomic E-state index is 5.64. The van der Waals surface area contributed by atoms with Gasteiger partial charge >= 0.3 is 49.9 Å². The SMILES string of the molecule is C[C@@]1(N)CC[C@H]1N.[I][Pt][I]. The number of hydrogen-bond acceptors (Lipinski definition) is 2. The van der Waals surface area contributed by atoms with Gasteiger partial charge in [-0.05, 0) is 19.8 Å². The van der Waals surface area contributed by atoms with Crippen molar-refractivity contribution in [2.75, 3.05) is 0 Å². The quantitative estimate of drug-likeness (QED) is 0.452. The third-order valence-corrected chi connectivity index (χ3v) is 1.84. The van der Waals surface area contributed by atoms with Crippen LogP contribution in [0.15, 0.2) is 0 Å². The van der Waals surface area contributed by atoms with E-state index in [1.54, 1.807) is 0 Å². The van der Waals surface area contributed by atoms with Gasteiger partial charge in [0.15, 0.2) is 0 Å². The van der Waals surface area contributed by atoms with Gasteiger partial charge in [-0.1, -0.05) is 0 Å². The third kappa shape index (κ3) is 4.18. The maximum absolute atomic E-state index is 5.64. The summed E-state index contributed by atoms with van der Waals surface area (Å²) in [5.74, 6) is 0. The Morgan fingerprint density at radius 1 is 1.60 bits per heavy atom. The molecule has 66 valence electrons. The van der Waals surface area contributed by atoms with Gasteiger partial charge in [0.05, 0.1) is 0 Å². The second-order valence-electron chi connectivity index (χ2n) is 2.70. The normalized spacial score (nSPS) is 37.9. The minimum absolute atomic E-state index is 0.0417. The fourth-order valence-electron chi connectivity index (χ4n) is 0.766. The Kier molecular flexibility index (Phi) is 6.84. The van der Waals surface area contributed by atoms with Crippen LogP contribution in [0, 0.1) is 0 Å². The average Bonchev–Trinajstić information content (AvgIpc) is 1.87. The third-order valence-electron chi connectivity index (χ3n) is 1.84. The minimum atomic E-state index is -0.0417. The molecule has 0 bridgehead atoms. The summed E-state index contributed by atoms with van der Waals surface area (Å²) in [6, 6.07) is 0.257. The summed E-state index contributed by atoms with van der Waals surface area (Å²) < 4.78 is 0. The van der Waals surface area contributed by atoms with Gasteiger partial charge in [-0.3, -0.25) is 0 Å². The molecule has 1 aliphatic rings. The first-order chi connectivity index (χ1) is 4.54. The van der Waals surface area contributed by atoms with Crippen molar-refractivity contribution in [1.82, 2.24) is 0 Å². The van der Waals surface area contributed by atoms with Crippen LogP contribution in [0.25, 0.3) is 0 Å². The van der Waals surface area contributed by atoms with E-state index in [-0.39, 0.29) is 11.6 Å². The van der Waals surface area contributed by atoms with Crippen molar-refractivity contribution < 1.29 is 11.2 Å². The summed E-state index contributed by atoms with van der Waals surface area (Å²) in [5, 5.41) is 0. The fourth-order valence-corrected chi connectivity index (χ4v) is 0.766. The van der Waals surface area contributed by atoms with Crippen molar-refractivity contribution in [2.45, 2.75) is 31.3 Å². The molecule has 0 aliphatic heterocycles. The molecule has 4 N–H and O–H groups in total. The molecule has 0 aromatic heterocycles. The number of nitrogens with two attached hydrogens (primary N) is 2. The van der Waals surface area contributed by atoms with Crippen LogP contribution in [-0.2, 0) is 11.2 Å². The van der Waals surface area contributed by atoms with E-state index in [0.717, 1.165) is 12.8 Å². The molecule has 0 unspecified atom stereocenters. The molecule has 1 saturated carbocycles. The molecule has 0 spiro atoms. The molecule has 1 aliphatic carbocycles. The Morgan fingerprint density at radius 2 is 1.90 bits per heavy atom. The molecule has 5 heteroatoms. The van der Waals surface area contributed by atoms with Gasteiger partial charge in [-0.25, -0.2) is 0 Å². The van der Waals surface area contributed by atoms with Crippen LogP contribution in [0.5, 0.6) is 0 Å². The molecule has 2 nitrogen and oxygen atoms in total. The summed E-state index contributed by atoms with van der Waals surface area (Å²) in [6.45, 7) is 2.00. The molecule has 0 aromatic rings. The van der Waals surface area contributed by atoms with Crippen LogP contribution in [0.2, 0.25) is 0 Å². The summed E-state index contributed by atoms with van der Waals surface area (Å²) in [5.41, 5.74) is 11.1. The van der Waals surface area contributed by atoms with Crippen molar-refractivity contribution in [1.29, 1.82) is 0 Å². The summed E-state index contributed by atoms with van der Waals surface area (Å²) >= 11 is 5.30. The van der Waals surface area contributed by atoms with Crippen LogP contribution < -0.4 is 11.5 Å². The summed E-state index contributed by atoms with van der Waals surface area (Å²) in [4.78, 5) is 0. The molecule has 0 radical (unpaired) electrons. The Balaban J connectivity index is 0.000000236. The van der Waals surface area contributed by atoms with Crippen molar-refractivity contribution in [3.05, 3.63) is 0 Å². The van der Waals surface area contributed by atoms with Crippen molar-refractivity contribution in [3.63, 3.8) is 0 Å². The Bertz CT molecular complexity index is 99.6. The molecule has 1 rings (SSSR count). The van der Waals surface area contributed by atoms with Gasteiger partial charge in [0, 0.05) is 11.6 Å². The van der Waals surface area contributed by atoms with E-state index in [1.165, 1.54) is 0 Å². The zero-order valence-electron chi connectivity index (χ0n) is 5.72. The Labute approximate surface area is 91.4 Å². The number of hydrogen-bond donors (Lipinski definition) is 2. The molecular weight excluding hydrogens is 537 g/mol. The van der Waals surface area contributed by atoms with Crippen LogP contribution >= 0.6 is 38.7 Å². The van der Waals surface area contributed by atoms with E-state index < -0.39 is 0 Å². The van der Waals surface area contributed by atoms with Crippen LogP contribution in [-0.4, -0.2) is 11.6 Å².